The molecule has 10 nitrogen and oxygen atoms in total. The number of hydrogen-bond donors (Lipinski definition) is 2. The third-order valence-corrected chi connectivity index (χ3v) is 7.04. The minimum atomic E-state index is -0.775. The van der Waals surface area contributed by atoms with Crippen molar-refractivity contribution in [3.63, 3.8) is 0 Å². The zero-order valence-electron chi connectivity index (χ0n) is 19.4. The molecule has 0 radical (unpaired) electrons. The van der Waals surface area contributed by atoms with Gasteiger partial charge in [0, 0.05) is 26.2 Å². The molecule has 1 saturated heterocycles. The third kappa shape index (κ3) is 2.94. The first-order valence-electron chi connectivity index (χ1n) is 11.3. The van der Waals surface area contributed by atoms with E-state index in [4.69, 9.17) is 14.5 Å². The standard InChI is InChI=1S/C24H25N7O3/c1-23(2)33-18-17(14-11-24(14,19(18)34-23)22(32)26-4)31-12-28-16-20(25-3)29-15(30-21(16)31)9-8-13-7-5-6-10-27-13/h5-7,10,12,14,17-19H,11H2,1-4H3,(H,26,32)(H,25,29,30)/t14-,17-,18+,19+,24+/m1/s1. The Bertz CT molecular complexity index is 1360. The number of carbonyl (C=O) groups is 1. The van der Waals surface area contributed by atoms with Crippen LogP contribution in [0.4, 0.5) is 5.82 Å². The van der Waals surface area contributed by atoms with Crippen LogP contribution in [0.25, 0.3) is 11.2 Å². The lowest BCUT2D eigenvalue weighted by atomic mass is 9.98. The first-order valence-corrected chi connectivity index (χ1v) is 11.3. The number of nitrogens with zero attached hydrogens (tertiary/aromatic N) is 5. The van der Waals surface area contributed by atoms with E-state index in [0.717, 1.165) is 6.42 Å². The fraction of sp³-hybridized carbons (Fsp3) is 0.458. The van der Waals surface area contributed by atoms with Crippen LogP contribution in [-0.2, 0) is 14.3 Å². The van der Waals surface area contributed by atoms with Crippen molar-refractivity contribution in [3.05, 3.63) is 42.2 Å². The molecule has 0 spiro atoms. The Morgan fingerprint density at radius 1 is 1.18 bits per heavy atom. The molecule has 1 aliphatic heterocycles. The molecule has 2 N–H and O–H groups in total. The van der Waals surface area contributed by atoms with E-state index in [1.54, 1.807) is 26.6 Å². The third-order valence-electron chi connectivity index (χ3n) is 7.04. The summed E-state index contributed by atoms with van der Waals surface area (Å²) in [6.45, 7) is 3.77. The lowest BCUT2D eigenvalue weighted by molar-refractivity contribution is -0.164. The molecule has 0 bridgehead atoms. The molecule has 6 rings (SSSR count). The summed E-state index contributed by atoms with van der Waals surface area (Å²) < 4.78 is 14.6. The lowest BCUT2D eigenvalue weighted by Gasteiger charge is -2.24. The van der Waals surface area contributed by atoms with Gasteiger partial charge < -0.3 is 24.7 Å². The molecular weight excluding hydrogens is 434 g/mol. The Kier molecular flexibility index (Phi) is 4.46. The zero-order valence-corrected chi connectivity index (χ0v) is 19.4. The second-order valence-electron chi connectivity index (χ2n) is 9.38. The van der Waals surface area contributed by atoms with Crippen LogP contribution < -0.4 is 10.6 Å². The average molecular weight is 460 g/mol. The summed E-state index contributed by atoms with van der Waals surface area (Å²) in [6, 6.07) is 5.40. The number of fused-ring (bicyclic) bond motifs is 4. The van der Waals surface area contributed by atoms with Gasteiger partial charge in [-0.15, -0.1) is 0 Å². The number of carbonyl (C=O) groups excluding carboxylic acids is 1. The molecule has 34 heavy (non-hydrogen) atoms. The topological polar surface area (TPSA) is 116 Å². The number of pyridine rings is 1. The van der Waals surface area contributed by atoms with Crippen LogP contribution in [0, 0.1) is 23.2 Å². The maximum absolute atomic E-state index is 13.0. The van der Waals surface area contributed by atoms with Crippen molar-refractivity contribution in [3.8, 4) is 11.8 Å². The van der Waals surface area contributed by atoms with Crippen LogP contribution in [0.3, 0.4) is 0 Å². The van der Waals surface area contributed by atoms with Crippen molar-refractivity contribution in [2.24, 2.45) is 11.3 Å². The van der Waals surface area contributed by atoms with Crippen LogP contribution in [-0.4, -0.2) is 62.5 Å². The summed E-state index contributed by atoms with van der Waals surface area (Å²) >= 11 is 0. The molecule has 174 valence electrons. The Hall–Kier alpha value is -3.55. The van der Waals surface area contributed by atoms with Crippen LogP contribution in [0.2, 0.25) is 0 Å². The average Bonchev–Trinajstić information content (AvgIpc) is 3.15. The first-order chi connectivity index (χ1) is 16.4. The van der Waals surface area contributed by atoms with E-state index in [1.807, 2.05) is 36.6 Å². The quantitative estimate of drug-likeness (QED) is 0.566. The van der Waals surface area contributed by atoms with E-state index >= 15 is 0 Å². The van der Waals surface area contributed by atoms with E-state index in [1.165, 1.54) is 0 Å². The highest BCUT2D eigenvalue weighted by Crippen LogP contribution is 2.71. The van der Waals surface area contributed by atoms with E-state index in [9.17, 15) is 4.79 Å². The highest BCUT2D eigenvalue weighted by molar-refractivity contribution is 5.88. The van der Waals surface area contributed by atoms with E-state index in [0.29, 0.717) is 28.5 Å². The number of amides is 1. The molecule has 10 heteroatoms. The van der Waals surface area contributed by atoms with E-state index in [-0.39, 0.29) is 30.1 Å². The van der Waals surface area contributed by atoms with Crippen LogP contribution in [0.5, 0.6) is 0 Å². The molecule has 0 aromatic carbocycles. The number of imidazole rings is 1. The van der Waals surface area contributed by atoms with Crippen molar-refractivity contribution < 1.29 is 14.3 Å². The van der Waals surface area contributed by atoms with Gasteiger partial charge in [-0.1, -0.05) is 6.07 Å². The molecule has 2 aliphatic carbocycles. The summed E-state index contributed by atoms with van der Waals surface area (Å²) in [7, 11) is 3.46. The Balaban J connectivity index is 1.45. The van der Waals surface area contributed by atoms with Crippen molar-refractivity contribution >= 4 is 22.9 Å². The molecule has 3 aromatic rings. The van der Waals surface area contributed by atoms with Gasteiger partial charge in [0.15, 0.2) is 22.8 Å². The molecule has 5 atom stereocenters. The molecule has 0 unspecified atom stereocenters. The van der Waals surface area contributed by atoms with Gasteiger partial charge in [-0.3, -0.25) is 4.79 Å². The maximum atomic E-state index is 13.0. The van der Waals surface area contributed by atoms with Crippen molar-refractivity contribution in [2.75, 3.05) is 19.4 Å². The Morgan fingerprint density at radius 3 is 2.76 bits per heavy atom. The van der Waals surface area contributed by atoms with Gasteiger partial charge in [0.2, 0.25) is 11.7 Å². The highest BCUT2D eigenvalue weighted by atomic mass is 16.8. The molecule has 1 amide bonds. The minimum absolute atomic E-state index is 0.00632. The maximum Gasteiger partial charge on any atom is 0.229 e. The first kappa shape index (κ1) is 21.0. The van der Waals surface area contributed by atoms with Crippen LogP contribution in [0.15, 0.2) is 30.7 Å². The van der Waals surface area contributed by atoms with Gasteiger partial charge >= 0.3 is 0 Å². The van der Waals surface area contributed by atoms with Crippen molar-refractivity contribution in [2.45, 2.75) is 44.3 Å². The molecule has 3 aromatic heterocycles. The summed E-state index contributed by atoms with van der Waals surface area (Å²) in [5.41, 5.74) is 1.31. The van der Waals surface area contributed by atoms with Gasteiger partial charge in [0.05, 0.1) is 17.8 Å². The van der Waals surface area contributed by atoms with Crippen LogP contribution in [0.1, 0.15) is 37.8 Å². The number of nitrogens with one attached hydrogen (secondary N) is 2. The predicted molar refractivity (Wildman–Crippen MR) is 123 cm³/mol. The number of hydrogen-bond acceptors (Lipinski definition) is 8. The fourth-order valence-electron chi connectivity index (χ4n) is 5.62. The molecule has 2 saturated carbocycles. The number of anilines is 1. The molecule has 3 fully saturated rings. The largest absolute Gasteiger partial charge is 0.371 e. The van der Waals surface area contributed by atoms with Gasteiger partial charge in [-0.2, -0.15) is 0 Å². The molecule has 4 heterocycles. The zero-order chi connectivity index (χ0) is 23.7. The number of rotatable bonds is 3. The fourth-order valence-corrected chi connectivity index (χ4v) is 5.62. The van der Waals surface area contributed by atoms with Gasteiger partial charge in [-0.25, -0.2) is 19.9 Å². The van der Waals surface area contributed by atoms with Crippen molar-refractivity contribution in [1.29, 1.82) is 0 Å². The highest BCUT2D eigenvalue weighted by Gasteiger charge is 2.79. The van der Waals surface area contributed by atoms with E-state index in [2.05, 4.69) is 37.4 Å². The SMILES string of the molecule is CNC(=O)[C@@]12C[C@@H]1[C@@H](n1cnc3c(NC)nc(C#Cc4ccccn4)nc31)[C@@H]1OC(C)(C)O[C@@H]12. The summed E-state index contributed by atoms with van der Waals surface area (Å²) in [5.74, 6) is 6.25. The summed E-state index contributed by atoms with van der Waals surface area (Å²) in [4.78, 5) is 31.1. The van der Waals surface area contributed by atoms with Gasteiger partial charge in [-0.05, 0) is 44.2 Å². The van der Waals surface area contributed by atoms with Crippen molar-refractivity contribution in [1.82, 2.24) is 29.8 Å². The second kappa shape index (κ2) is 7.22. The monoisotopic (exact) mass is 459 g/mol. The second-order valence-corrected chi connectivity index (χ2v) is 9.38. The molecular formula is C24H25N7O3. The predicted octanol–water partition coefficient (Wildman–Crippen LogP) is 1.49. The Morgan fingerprint density at radius 2 is 2.03 bits per heavy atom. The normalized spacial score (nSPS) is 30.2. The van der Waals surface area contributed by atoms with Crippen LogP contribution >= 0.6 is 0 Å². The van der Waals surface area contributed by atoms with Gasteiger partial charge in [0.25, 0.3) is 0 Å². The summed E-state index contributed by atoms with van der Waals surface area (Å²) in [5, 5.41) is 5.93. The molecule has 3 aliphatic rings. The van der Waals surface area contributed by atoms with Gasteiger partial charge in [0.1, 0.15) is 17.9 Å². The smallest absolute Gasteiger partial charge is 0.229 e. The van der Waals surface area contributed by atoms with E-state index < -0.39 is 11.2 Å². The minimum Gasteiger partial charge on any atom is -0.371 e. The lowest BCUT2D eigenvalue weighted by Crippen LogP contribution is -2.40. The summed E-state index contributed by atoms with van der Waals surface area (Å²) in [6.07, 6.45) is 3.56. The number of ether oxygens (including phenoxy) is 2. The Labute approximate surface area is 196 Å². The number of aromatic nitrogens is 5.